The Morgan fingerprint density at radius 3 is 1.79 bits per heavy atom. The van der Waals surface area contributed by atoms with Crippen molar-refractivity contribution in [3.8, 4) is 0 Å². The van der Waals surface area contributed by atoms with Gasteiger partial charge in [-0.25, -0.2) is 0 Å². The first-order valence-electron chi connectivity index (χ1n) is 6.33. The van der Waals surface area contributed by atoms with Gasteiger partial charge in [0.1, 0.15) is 0 Å². The SMILES string of the molecule is CCC(CC)C(=O)Cl.Cc1ccc(CC(=O)Cl)cc1. The summed E-state index contributed by atoms with van der Waals surface area (Å²) in [6.07, 6.45) is 2.04. The fraction of sp³-hybridized carbons (Fsp3) is 0.467. The predicted molar refractivity (Wildman–Crippen MR) is 80.7 cm³/mol. The van der Waals surface area contributed by atoms with Gasteiger partial charge in [-0.15, -0.1) is 0 Å². The summed E-state index contributed by atoms with van der Waals surface area (Å²) >= 11 is 10.4. The molecule has 0 spiro atoms. The molecule has 0 heterocycles. The van der Waals surface area contributed by atoms with Crippen LogP contribution in [0.2, 0.25) is 0 Å². The highest BCUT2D eigenvalue weighted by molar-refractivity contribution is 6.64. The summed E-state index contributed by atoms with van der Waals surface area (Å²) < 4.78 is 0. The molecule has 0 aliphatic heterocycles. The van der Waals surface area contributed by atoms with Crippen molar-refractivity contribution in [1.29, 1.82) is 0 Å². The van der Waals surface area contributed by atoms with E-state index in [0.29, 0.717) is 6.42 Å². The minimum absolute atomic E-state index is 0.0802. The molecule has 0 radical (unpaired) electrons. The average Bonchev–Trinajstić information content (AvgIpc) is 2.33. The van der Waals surface area contributed by atoms with E-state index in [1.54, 1.807) is 0 Å². The van der Waals surface area contributed by atoms with Crippen LogP contribution in [-0.2, 0) is 16.0 Å². The van der Waals surface area contributed by atoms with Gasteiger partial charge in [0.15, 0.2) is 0 Å². The first kappa shape index (κ1) is 18.1. The topological polar surface area (TPSA) is 34.1 Å². The fourth-order valence-corrected chi connectivity index (χ4v) is 1.94. The molecular weight excluding hydrogens is 283 g/mol. The number of aryl methyl sites for hydroxylation is 1. The molecule has 0 aliphatic carbocycles. The van der Waals surface area contributed by atoms with Gasteiger partial charge in [0, 0.05) is 12.3 Å². The summed E-state index contributed by atoms with van der Waals surface area (Å²) in [6.45, 7) is 5.94. The van der Waals surface area contributed by atoms with Crippen molar-refractivity contribution in [3.05, 3.63) is 35.4 Å². The third-order valence-electron chi connectivity index (χ3n) is 2.77. The molecule has 0 aliphatic rings. The van der Waals surface area contributed by atoms with Crippen LogP contribution in [0.15, 0.2) is 24.3 Å². The smallest absolute Gasteiger partial charge is 0.226 e. The molecule has 0 saturated carbocycles. The van der Waals surface area contributed by atoms with Crippen LogP contribution in [0, 0.1) is 12.8 Å². The number of hydrogen-bond donors (Lipinski definition) is 0. The van der Waals surface area contributed by atoms with E-state index in [2.05, 4.69) is 0 Å². The lowest BCUT2D eigenvalue weighted by Gasteiger charge is -2.02. The number of rotatable bonds is 5. The van der Waals surface area contributed by atoms with Gasteiger partial charge in [-0.3, -0.25) is 9.59 Å². The van der Waals surface area contributed by atoms with Crippen LogP contribution in [0.4, 0.5) is 0 Å². The Kier molecular flexibility index (Phi) is 9.54. The predicted octanol–water partition coefficient (Wildman–Crippen LogP) is 4.49. The molecule has 1 aromatic carbocycles. The molecule has 0 fully saturated rings. The summed E-state index contributed by atoms with van der Waals surface area (Å²) in [5, 5.41) is -0.510. The van der Waals surface area contributed by atoms with Crippen molar-refractivity contribution in [3.63, 3.8) is 0 Å². The minimum Gasteiger partial charge on any atom is -0.281 e. The van der Waals surface area contributed by atoms with Gasteiger partial charge in [0.25, 0.3) is 0 Å². The van der Waals surface area contributed by atoms with Crippen molar-refractivity contribution in [2.75, 3.05) is 0 Å². The average molecular weight is 303 g/mol. The monoisotopic (exact) mass is 302 g/mol. The summed E-state index contributed by atoms with van der Waals surface area (Å²) in [5.41, 5.74) is 2.16. The van der Waals surface area contributed by atoms with E-state index < -0.39 is 0 Å². The molecule has 0 N–H and O–H groups in total. The number of hydrogen-bond acceptors (Lipinski definition) is 2. The molecule has 1 aromatic rings. The maximum atomic E-state index is 10.5. The number of halogens is 2. The summed E-state index contributed by atoms with van der Waals surface area (Å²) in [5.74, 6) is 0.0802. The van der Waals surface area contributed by atoms with Gasteiger partial charge in [-0.05, 0) is 48.5 Å². The maximum Gasteiger partial charge on any atom is 0.226 e. The molecule has 2 nitrogen and oxygen atoms in total. The normalized spacial score (nSPS) is 9.79. The molecule has 0 bridgehead atoms. The lowest BCUT2D eigenvalue weighted by atomic mass is 10.1. The molecule has 0 saturated heterocycles. The standard InChI is InChI=1S/C9H9ClO.C6H11ClO/c1-7-2-4-8(5-3-7)6-9(10)11;1-3-5(4-2)6(7)8/h2-5H,6H2,1H3;5H,3-4H2,1-2H3. The Morgan fingerprint density at radius 1 is 1.05 bits per heavy atom. The summed E-state index contributed by atoms with van der Waals surface area (Å²) in [7, 11) is 0. The lowest BCUT2D eigenvalue weighted by molar-refractivity contribution is -0.115. The van der Waals surface area contributed by atoms with E-state index in [0.717, 1.165) is 18.4 Å². The van der Waals surface area contributed by atoms with Crippen molar-refractivity contribution >= 4 is 33.7 Å². The second-order valence-electron chi connectivity index (χ2n) is 4.34. The zero-order valence-corrected chi connectivity index (χ0v) is 13.1. The van der Waals surface area contributed by atoms with Crippen molar-refractivity contribution in [2.45, 2.75) is 40.0 Å². The van der Waals surface area contributed by atoms with Crippen LogP contribution in [-0.4, -0.2) is 10.5 Å². The van der Waals surface area contributed by atoms with Crippen LogP contribution in [0.3, 0.4) is 0 Å². The van der Waals surface area contributed by atoms with E-state index >= 15 is 0 Å². The number of carbonyl (C=O) groups excluding carboxylic acids is 2. The van der Waals surface area contributed by atoms with Crippen LogP contribution in [0.5, 0.6) is 0 Å². The van der Waals surface area contributed by atoms with Gasteiger partial charge < -0.3 is 0 Å². The van der Waals surface area contributed by atoms with Gasteiger partial charge in [0.05, 0.1) is 0 Å². The molecule has 4 heteroatoms. The van der Waals surface area contributed by atoms with Gasteiger partial charge >= 0.3 is 0 Å². The highest BCUT2D eigenvalue weighted by Crippen LogP contribution is 2.10. The summed E-state index contributed by atoms with van der Waals surface area (Å²) in [6, 6.07) is 7.76. The first-order valence-corrected chi connectivity index (χ1v) is 7.09. The van der Waals surface area contributed by atoms with E-state index in [4.69, 9.17) is 23.2 Å². The Balaban J connectivity index is 0.000000362. The Morgan fingerprint density at radius 2 is 1.53 bits per heavy atom. The molecule has 0 amide bonds. The molecule has 19 heavy (non-hydrogen) atoms. The quantitative estimate of drug-likeness (QED) is 0.751. The molecule has 0 aromatic heterocycles. The van der Waals surface area contributed by atoms with Crippen LogP contribution in [0.1, 0.15) is 37.8 Å². The summed E-state index contributed by atoms with van der Waals surface area (Å²) in [4.78, 5) is 20.8. The molecule has 1 rings (SSSR count). The zero-order valence-electron chi connectivity index (χ0n) is 11.6. The number of benzene rings is 1. The molecule has 106 valence electrons. The van der Waals surface area contributed by atoms with Gasteiger partial charge in [-0.2, -0.15) is 0 Å². The van der Waals surface area contributed by atoms with Crippen LogP contribution < -0.4 is 0 Å². The molecular formula is C15H20Cl2O2. The Bertz CT molecular complexity index is 395. The van der Waals surface area contributed by atoms with Crippen molar-refractivity contribution in [2.24, 2.45) is 5.92 Å². The Hall–Kier alpha value is -0.860. The van der Waals surface area contributed by atoms with Crippen molar-refractivity contribution in [1.82, 2.24) is 0 Å². The van der Waals surface area contributed by atoms with Crippen LogP contribution >= 0.6 is 23.2 Å². The van der Waals surface area contributed by atoms with Crippen LogP contribution in [0.25, 0.3) is 0 Å². The largest absolute Gasteiger partial charge is 0.281 e. The fourth-order valence-electron chi connectivity index (χ4n) is 1.48. The van der Waals surface area contributed by atoms with E-state index in [1.165, 1.54) is 5.56 Å². The molecule has 0 atom stereocenters. The third kappa shape index (κ3) is 8.79. The maximum absolute atomic E-state index is 10.5. The highest BCUT2D eigenvalue weighted by Gasteiger charge is 2.09. The van der Waals surface area contributed by atoms with E-state index in [1.807, 2.05) is 45.0 Å². The van der Waals surface area contributed by atoms with Crippen molar-refractivity contribution < 1.29 is 9.59 Å². The van der Waals surface area contributed by atoms with E-state index in [-0.39, 0.29) is 16.4 Å². The second-order valence-corrected chi connectivity index (χ2v) is 5.13. The van der Waals surface area contributed by atoms with E-state index in [9.17, 15) is 9.59 Å². The molecule has 0 unspecified atom stereocenters. The highest BCUT2D eigenvalue weighted by atomic mass is 35.5. The zero-order chi connectivity index (χ0) is 14.8. The van der Waals surface area contributed by atoms with Gasteiger partial charge in [-0.1, -0.05) is 43.7 Å². The Labute approximate surface area is 125 Å². The second kappa shape index (κ2) is 9.99. The lowest BCUT2D eigenvalue weighted by Crippen LogP contribution is -2.04. The first-order chi connectivity index (χ1) is 8.90. The third-order valence-corrected chi connectivity index (χ3v) is 3.21. The number of carbonyl (C=O) groups is 2. The minimum atomic E-state index is -0.311. The van der Waals surface area contributed by atoms with Gasteiger partial charge in [0.2, 0.25) is 10.5 Å².